The van der Waals surface area contributed by atoms with E-state index in [1.807, 2.05) is 6.92 Å². The first-order valence-corrected chi connectivity index (χ1v) is 7.17. The van der Waals surface area contributed by atoms with E-state index in [1.54, 1.807) is 6.07 Å². The third-order valence-electron chi connectivity index (χ3n) is 2.45. The molecular weight excluding hydrogens is 412 g/mol. The van der Waals surface area contributed by atoms with Crippen molar-refractivity contribution in [1.82, 2.24) is 9.97 Å². The first kappa shape index (κ1) is 13.7. The third-order valence-corrected chi connectivity index (χ3v) is 4.28. The molecule has 0 amide bonds. The number of rotatable bonds is 2. The van der Waals surface area contributed by atoms with Crippen LogP contribution in [0.15, 0.2) is 22.7 Å². The van der Waals surface area contributed by atoms with Crippen molar-refractivity contribution < 1.29 is 4.39 Å². The van der Waals surface area contributed by atoms with Crippen molar-refractivity contribution in [1.29, 1.82) is 0 Å². The summed E-state index contributed by atoms with van der Waals surface area (Å²) in [6, 6.07) is 4.40. The Hall–Kier alpha value is -0.760. The molecular formula is C12H10BrFIN3. The number of benzene rings is 1. The zero-order chi connectivity index (χ0) is 13.3. The Labute approximate surface area is 126 Å². The Morgan fingerprint density at radius 2 is 2.11 bits per heavy atom. The summed E-state index contributed by atoms with van der Waals surface area (Å²) in [5.74, 6) is 0.658. The van der Waals surface area contributed by atoms with Crippen molar-refractivity contribution in [3.63, 3.8) is 0 Å². The van der Waals surface area contributed by atoms with Crippen molar-refractivity contribution in [2.24, 2.45) is 0 Å². The SMILES string of the molecule is CCc1nc(-c2ccc(F)cc2Br)nc(N)c1I. The minimum absolute atomic E-state index is 0.306. The summed E-state index contributed by atoms with van der Waals surface area (Å²) in [5, 5.41) is 0. The number of hydrogen-bond acceptors (Lipinski definition) is 3. The van der Waals surface area contributed by atoms with Gasteiger partial charge in [0, 0.05) is 10.0 Å². The standard InChI is InChI=1S/C12H10BrFIN3/c1-2-9-10(15)11(16)18-12(17-9)7-4-3-6(14)5-8(7)13/h3-5H,2H2,1H3,(H2,16,17,18). The number of aryl methyl sites for hydroxylation is 1. The lowest BCUT2D eigenvalue weighted by Crippen LogP contribution is -2.04. The molecule has 2 aromatic rings. The van der Waals surface area contributed by atoms with E-state index >= 15 is 0 Å². The van der Waals surface area contributed by atoms with E-state index in [0.717, 1.165) is 21.2 Å². The van der Waals surface area contributed by atoms with E-state index in [0.29, 0.717) is 16.1 Å². The highest BCUT2D eigenvalue weighted by molar-refractivity contribution is 14.1. The van der Waals surface area contributed by atoms with Gasteiger partial charge in [0.1, 0.15) is 11.6 Å². The molecule has 2 rings (SSSR count). The van der Waals surface area contributed by atoms with Gasteiger partial charge >= 0.3 is 0 Å². The fourth-order valence-electron chi connectivity index (χ4n) is 1.54. The molecule has 94 valence electrons. The second-order valence-corrected chi connectivity index (χ2v) is 5.60. The average Bonchev–Trinajstić information content (AvgIpc) is 2.32. The third kappa shape index (κ3) is 2.64. The van der Waals surface area contributed by atoms with Crippen LogP contribution in [-0.2, 0) is 6.42 Å². The molecule has 6 heteroatoms. The zero-order valence-electron chi connectivity index (χ0n) is 9.54. The first-order valence-electron chi connectivity index (χ1n) is 5.30. The van der Waals surface area contributed by atoms with Gasteiger partial charge in [-0.3, -0.25) is 0 Å². The quantitative estimate of drug-likeness (QED) is 0.750. The number of nitrogen functional groups attached to an aromatic ring is 1. The maximum atomic E-state index is 13.1. The molecule has 1 aromatic heterocycles. The predicted molar refractivity (Wildman–Crippen MR) is 81.6 cm³/mol. The lowest BCUT2D eigenvalue weighted by Gasteiger charge is -2.09. The van der Waals surface area contributed by atoms with Crippen molar-refractivity contribution in [3.8, 4) is 11.4 Å². The molecule has 18 heavy (non-hydrogen) atoms. The van der Waals surface area contributed by atoms with E-state index in [1.165, 1.54) is 12.1 Å². The van der Waals surface area contributed by atoms with Gasteiger partial charge in [-0.05, 0) is 63.1 Å². The van der Waals surface area contributed by atoms with Crippen LogP contribution in [0.3, 0.4) is 0 Å². The van der Waals surface area contributed by atoms with Crippen LogP contribution in [0.1, 0.15) is 12.6 Å². The van der Waals surface area contributed by atoms with Gasteiger partial charge < -0.3 is 5.73 Å². The van der Waals surface area contributed by atoms with E-state index in [-0.39, 0.29) is 5.82 Å². The second kappa shape index (κ2) is 5.48. The van der Waals surface area contributed by atoms with E-state index in [2.05, 4.69) is 48.5 Å². The van der Waals surface area contributed by atoms with Crippen LogP contribution in [0.2, 0.25) is 0 Å². The smallest absolute Gasteiger partial charge is 0.162 e. The minimum atomic E-state index is -0.306. The molecule has 0 aliphatic carbocycles. The Balaban J connectivity index is 2.60. The molecule has 0 aliphatic heterocycles. The molecule has 0 unspecified atom stereocenters. The molecule has 0 aliphatic rings. The number of nitrogens with zero attached hydrogens (tertiary/aromatic N) is 2. The highest BCUT2D eigenvalue weighted by atomic mass is 127. The maximum Gasteiger partial charge on any atom is 0.162 e. The van der Waals surface area contributed by atoms with Gasteiger partial charge in [-0.2, -0.15) is 0 Å². The summed E-state index contributed by atoms with van der Waals surface area (Å²) in [5.41, 5.74) is 7.49. The maximum absolute atomic E-state index is 13.1. The lowest BCUT2D eigenvalue weighted by molar-refractivity contribution is 0.627. The predicted octanol–water partition coefficient (Wildman–Crippen LogP) is 3.79. The molecule has 0 radical (unpaired) electrons. The minimum Gasteiger partial charge on any atom is -0.383 e. The molecule has 1 aromatic carbocycles. The van der Waals surface area contributed by atoms with Gasteiger partial charge in [0.15, 0.2) is 5.82 Å². The summed E-state index contributed by atoms with van der Waals surface area (Å²) >= 11 is 5.44. The van der Waals surface area contributed by atoms with Gasteiger partial charge in [-0.25, -0.2) is 14.4 Å². The summed E-state index contributed by atoms with van der Waals surface area (Å²) in [4.78, 5) is 8.71. The van der Waals surface area contributed by atoms with Gasteiger partial charge in [-0.1, -0.05) is 6.92 Å². The number of aromatic nitrogens is 2. The zero-order valence-corrected chi connectivity index (χ0v) is 13.3. The molecule has 0 spiro atoms. The Morgan fingerprint density at radius 1 is 1.39 bits per heavy atom. The molecule has 1 heterocycles. The summed E-state index contributed by atoms with van der Waals surface area (Å²) in [6.45, 7) is 2.01. The molecule has 0 saturated carbocycles. The Morgan fingerprint density at radius 3 is 2.72 bits per heavy atom. The first-order chi connectivity index (χ1) is 8.52. The van der Waals surface area contributed by atoms with Gasteiger partial charge in [0.2, 0.25) is 0 Å². The van der Waals surface area contributed by atoms with E-state index < -0.39 is 0 Å². The summed E-state index contributed by atoms with van der Waals surface area (Å²) in [6.07, 6.45) is 0.775. The van der Waals surface area contributed by atoms with Crippen molar-refractivity contribution >= 4 is 44.3 Å². The highest BCUT2D eigenvalue weighted by Gasteiger charge is 2.12. The summed E-state index contributed by atoms with van der Waals surface area (Å²) < 4.78 is 14.5. The Kier molecular flexibility index (Phi) is 4.16. The number of halogens is 3. The van der Waals surface area contributed by atoms with E-state index in [4.69, 9.17) is 5.73 Å². The monoisotopic (exact) mass is 421 g/mol. The van der Waals surface area contributed by atoms with Crippen LogP contribution in [0.25, 0.3) is 11.4 Å². The molecule has 0 bridgehead atoms. The van der Waals surface area contributed by atoms with Gasteiger partial charge in [0.05, 0.1) is 9.26 Å². The number of anilines is 1. The fraction of sp³-hybridized carbons (Fsp3) is 0.167. The van der Waals surface area contributed by atoms with Crippen LogP contribution < -0.4 is 5.73 Å². The Bertz CT molecular complexity index is 604. The normalized spacial score (nSPS) is 10.7. The molecule has 0 atom stereocenters. The van der Waals surface area contributed by atoms with Crippen LogP contribution in [-0.4, -0.2) is 9.97 Å². The largest absolute Gasteiger partial charge is 0.383 e. The van der Waals surface area contributed by atoms with Crippen LogP contribution >= 0.6 is 38.5 Å². The fourth-order valence-corrected chi connectivity index (χ4v) is 2.69. The van der Waals surface area contributed by atoms with Crippen LogP contribution in [0, 0.1) is 9.39 Å². The van der Waals surface area contributed by atoms with Gasteiger partial charge in [-0.15, -0.1) is 0 Å². The van der Waals surface area contributed by atoms with E-state index in [9.17, 15) is 4.39 Å². The van der Waals surface area contributed by atoms with Crippen LogP contribution in [0.5, 0.6) is 0 Å². The van der Waals surface area contributed by atoms with Crippen LogP contribution in [0.4, 0.5) is 10.2 Å². The van der Waals surface area contributed by atoms with Gasteiger partial charge in [0.25, 0.3) is 0 Å². The van der Waals surface area contributed by atoms with Crippen molar-refractivity contribution in [2.45, 2.75) is 13.3 Å². The summed E-state index contributed by atoms with van der Waals surface area (Å²) in [7, 11) is 0. The molecule has 0 fully saturated rings. The average molecular weight is 422 g/mol. The highest BCUT2D eigenvalue weighted by Crippen LogP contribution is 2.28. The molecule has 0 saturated heterocycles. The van der Waals surface area contributed by atoms with Crippen molar-refractivity contribution in [2.75, 3.05) is 5.73 Å². The lowest BCUT2D eigenvalue weighted by atomic mass is 10.2. The number of nitrogens with two attached hydrogens (primary N) is 1. The topological polar surface area (TPSA) is 51.8 Å². The molecule has 2 N–H and O–H groups in total. The molecule has 3 nitrogen and oxygen atoms in total. The number of hydrogen-bond donors (Lipinski definition) is 1. The second-order valence-electron chi connectivity index (χ2n) is 3.67. The van der Waals surface area contributed by atoms with Crippen molar-refractivity contribution in [3.05, 3.63) is 37.8 Å².